The Kier molecular flexibility index (Phi) is 2.83. The van der Waals surface area contributed by atoms with Crippen molar-refractivity contribution < 1.29 is 4.79 Å². The van der Waals surface area contributed by atoms with Gasteiger partial charge in [0.2, 0.25) is 5.91 Å². The Morgan fingerprint density at radius 2 is 1.87 bits per heavy atom. The van der Waals surface area contributed by atoms with E-state index in [0.29, 0.717) is 5.92 Å². The summed E-state index contributed by atoms with van der Waals surface area (Å²) >= 11 is 3.40. The average molecular weight is 268 g/mol. The van der Waals surface area contributed by atoms with Gasteiger partial charge in [-0.1, -0.05) is 41.9 Å². The number of halogens is 1. The molecule has 15 heavy (non-hydrogen) atoms. The van der Waals surface area contributed by atoms with Crippen LogP contribution in [0.5, 0.6) is 0 Å². The molecule has 1 fully saturated rings. The van der Waals surface area contributed by atoms with Crippen LogP contribution in [0.3, 0.4) is 0 Å². The summed E-state index contributed by atoms with van der Waals surface area (Å²) < 4.78 is 1.07. The van der Waals surface area contributed by atoms with Crippen molar-refractivity contribution >= 4 is 21.8 Å². The van der Waals surface area contributed by atoms with Gasteiger partial charge in [0.1, 0.15) is 0 Å². The van der Waals surface area contributed by atoms with Crippen LogP contribution in [0.4, 0.5) is 0 Å². The van der Waals surface area contributed by atoms with Crippen molar-refractivity contribution in [1.82, 2.24) is 5.32 Å². The van der Waals surface area contributed by atoms with Crippen LogP contribution in [0.2, 0.25) is 0 Å². The molecule has 3 heteroatoms. The van der Waals surface area contributed by atoms with E-state index < -0.39 is 0 Å². The summed E-state index contributed by atoms with van der Waals surface area (Å²) in [4.78, 5) is 11.4. The molecule has 1 aliphatic heterocycles. The molecule has 1 amide bonds. The van der Waals surface area contributed by atoms with Gasteiger partial charge in [-0.15, -0.1) is 0 Å². The number of amides is 1. The van der Waals surface area contributed by atoms with Crippen LogP contribution in [0.15, 0.2) is 28.7 Å². The molecule has 2 rings (SSSR count). The van der Waals surface area contributed by atoms with Crippen LogP contribution < -0.4 is 5.32 Å². The predicted molar refractivity (Wildman–Crippen MR) is 63.4 cm³/mol. The molecule has 1 aliphatic rings. The highest BCUT2D eigenvalue weighted by Gasteiger charge is 2.41. The number of benzene rings is 1. The van der Waals surface area contributed by atoms with Gasteiger partial charge >= 0.3 is 0 Å². The maximum absolute atomic E-state index is 11.4. The summed E-state index contributed by atoms with van der Waals surface area (Å²) in [5, 5.41) is 2.96. The lowest BCUT2D eigenvalue weighted by molar-refractivity contribution is -0.137. The Morgan fingerprint density at radius 3 is 2.33 bits per heavy atom. The Hall–Kier alpha value is -0.830. The Morgan fingerprint density at radius 1 is 1.27 bits per heavy atom. The normalized spacial score (nSPS) is 24.9. The summed E-state index contributed by atoms with van der Waals surface area (Å²) in [6, 6.07) is 8.34. The minimum absolute atomic E-state index is 0.131. The SMILES string of the molecule is CC(C)C1C(=O)NC1c1ccc(Br)cc1. The minimum atomic E-state index is 0.131. The van der Waals surface area contributed by atoms with E-state index in [1.54, 1.807) is 0 Å². The summed E-state index contributed by atoms with van der Waals surface area (Å²) in [6.45, 7) is 4.19. The van der Waals surface area contributed by atoms with Crippen LogP contribution >= 0.6 is 15.9 Å². The molecule has 0 bridgehead atoms. The Labute approximate surface area is 98.2 Å². The minimum Gasteiger partial charge on any atom is -0.348 e. The van der Waals surface area contributed by atoms with Crippen LogP contribution in [0.1, 0.15) is 25.5 Å². The highest BCUT2D eigenvalue weighted by atomic mass is 79.9. The van der Waals surface area contributed by atoms with E-state index in [1.165, 1.54) is 5.56 Å². The molecule has 2 unspecified atom stereocenters. The topological polar surface area (TPSA) is 29.1 Å². The first kappa shape index (κ1) is 10.7. The number of carbonyl (C=O) groups is 1. The van der Waals surface area contributed by atoms with E-state index in [9.17, 15) is 4.79 Å². The first-order valence-electron chi connectivity index (χ1n) is 5.15. The van der Waals surface area contributed by atoms with Crippen molar-refractivity contribution in [3.05, 3.63) is 34.3 Å². The van der Waals surface area contributed by atoms with Crippen molar-refractivity contribution in [3.8, 4) is 0 Å². The first-order chi connectivity index (χ1) is 7.09. The summed E-state index contributed by atoms with van der Waals surface area (Å²) in [7, 11) is 0. The van der Waals surface area contributed by atoms with Crippen molar-refractivity contribution in [1.29, 1.82) is 0 Å². The van der Waals surface area contributed by atoms with E-state index in [1.807, 2.05) is 12.1 Å². The maximum Gasteiger partial charge on any atom is 0.226 e. The molecule has 1 N–H and O–H groups in total. The van der Waals surface area contributed by atoms with Gasteiger partial charge in [-0.25, -0.2) is 0 Å². The smallest absolute Gasteiger partial charge is 0.226 e. The molecule has 1 aromatic carbocycles. The fourth-order valence-electron chi connectivity index (χ4n) is 2.04. The number of rotatable bonds is 2. The fraction of sp³-hybridized carbons (Fsp3) is 0.417. The van der Waals surface area contributed by atoms with E-state index in [4.69, 9.17) is 0 Å². The lowest BCUT2D eigenvalue weighted by Crippen LogP contribution is -2.53. The third-order valence-electron chi connectivity index (χ3n) is 2.91. The molecule has 80 valence electrons. The molecule has 0 aromatic heterocycles. The number of nitrogens with one attached hydrogen (secondary N) is 1. The fourth-order valence-corrected chi connectivity index (χ4v) is 2.31. The van der Waals surface area contributed by atoms with Gasteiger partial charge in [0.25, 0.3) is 0 Å². The first-order valence-corrected chi connectivity index (χ1v) is 5.94. The van der Waals surface area contributed by atoms with Crippen LogP contribution in [-0.4, -0.2) is 5.91 Å². The van der Waals surface area contributed by atoms with Crippen LogP contribution in [0.25, 0.3) is 0 Å². The molecule has 1 heterocycles. The molecule has 0 saturated carbocycles. The molecule has 0 aliphatic carbocycles. The highest BCUT2D eigenvalue weighted by Crippen LogP contribution is 2.35. The highest BCUT2D eigenvalue weighted by molar-refractivity contribution is 9.10. The number of carbonyl (C=O) groups excluding carboxylic acids is 1. The van der Waals surface area contributed by atoms with Crippen LogP contribution in [-0.2, 0) is 4.79 Å². The van der Waals surface area contributed by atoms with Gasteiger partial charge in [0.15, 0.2) is 0 Å². The van der Waals surface area contributed by atoms with E-state index in [-0.39, 0.29) is 17.9 Å². The van der Waals surface area contributed by atoms with Gasteiger partial charge in [0, 0.05) is 4.47 Å². The standard InChI is InChI=1S/C12H14BrNO/c1-7(2)10-11(14-12(10)15)8-3-5-9(13)6-4-8/h3-7,10-11H,1-2H3,(H,14,15). The molecule has 2 nitrogen and oxygen atoms in total. The monoisotopic (exact) mass is 267 g/mol. The van der Waals surface area contributed by atoms with Crippen LogP contribution in [0, 0.1) is 11.8 Å². The Bertz CT molecular complexity index is 372. The zero-order valence-corrected chi connectivity index (χ0v) is 10.4. The summed E-state index contributed by atoms with van der Waals surface area (Å²) in [5.41, 5.74) is 1.19. The van der Waals surface area contributed by atoms with E-state index >= 15 is 0 Å². The zero-order valence-electron chi connectivity index (χ0n) is 8.83. The quantitative estimate of drug-likeness (QED) is 0.821. The molecule has 0 spiro atoms. The second-order valence-electron chi connectivity index (χ2n) is 4.31. The van der Waals surface area contributed by atoms with E-state index in [2.05, 4.69) is 47.2 Å². The number of hydrogen-bond acceptors (Lipinski definition) is 1. The molecule has 2 atom stereocenters. The average Bonchev–Trinajstić information content (AvgIpc) is 2.14. The van der Waals surface area contributed by atoms with Crippen molar-refractivity contribution in [2.24, 2.45) is 11.8 Å². The number of β-lactam (4-membered cyclic amide) rings is 1. The summed E-state index contributed by atoms with van der Waals surface area (Å²) in [6.07, 6.45) is 0. The van der Waals surface area contributed by atoms with Gasteiger partial charge in [-0.2, -0.15) is 0 Å². The maximum atomic E-state index is 11.4. The third-order valence-corrected chi connectivity index (χ3v) is 3.44. The van der Waals surface area contributed by atoms with Gasteiger partial charge in [-0.3, -0.25) is 4.79 Å². The molecular formula is C12H14BrNO. The van der Waals surface area contributed by atoms with Crippen molar-refractivity contribution in [2.75, 3.05) is 0 Å². The molecule has 0 radical (unpaired) electrons. The lowest BCUT2D eigenvalue weighted by atomic mass is 9.78. The molecule has 1 aromatic rings. The van der Waals surface area contributed by atoms with Gasteiger partial charge in [-0.05, 0) is 23.6 Å². The second kappa shape index (κ2) is 3.97. The summed E-state index contributed by atoms with van der Waals surface area (Å²) in [5.74, 6) is 0.705. The lowest BCUT2D eigenvalue weighted by Gasteiger charge is -2.39. The Balaban J connectivity index is 2.19. The largest absolute Gasteiger partial charge is 0.348 e. The number of hydrogen-bond donors (Lipinski definition) is 1. The molecule has 1 saturated heterocycles. The van der Waals surface area contributed by atoms with E-state index in [0.717, 1.165) is 4.47 Å². The molecular weight excluding hydrogens is 254 g/mol. The predicted octanol–water partition coefficient (Wildman–Crippen LogP) is 2.89. The third kappa shape index (κ3) is 1.93. The van der Waals surface area contributed by atoms with Gasteiger partial charge < -0.3 is 5.32 Å². The van der Waals surface area contributed by atoms with Crippen molar-refractivity contribution in [3.63, 3.8) is 0 Å². The second-order valence-corrected chi connectivity index (χ2v) is 5.22. The van der Waals surface area contributed by atoms with Gasteiger partial charge in [0.05, 0.1) is 12.0 Å². The van der Waals surface area contributed by atoms with Crippen molar-refractivity contribution in [2.45, 2.75) is 19.9 Å². The zero-order chi connectivity index (χ0) is 11.0.